The van der Waals surface area contributed by atoms with Gasteiger partial charge in [-0.05, 0) is 19.8 Å². The molecular formula is C12H17NO3. The fourth-order valence-electron chi connectivity index (χ4n) is 2.93. The molecule has 2 amide bonds. The highest BCUT2D eigenvalue weighted by molar-refractivity contribution is 6.08. The SMILES string of the molecule is CC(=O)C1(N2C(=O)CC(C)C2=O)CCCC1. The van der Waals surface area contributed by atoms with Gasteiger partial charge in [0.15, 0.2) is 5.78 Å². The van der Waals surface area contributed by atoms with E-state index >= 15 is 0 Å². The lowest BCUT2D eigenvalue weighted by molar-refractivity contribution is -0.152. The molecule has 0 spiro atoms. The van der Waals surface area contributed by atoms with Gasteiger partial charge in [0.1, 0.15) is 5.54 Å². The standard InChI is InChI=1S/C12H17NO3/c1-8-7-10(15)13(11(8)16)12(9(2)14)5-3-4-6-12/h8H,3-7H2,1-2H3. The minimum absolute atomic E-state index is 0.0409. The highest BCUT2D eigenvalue weighted by atomic mass is 16.2. The second-order valence-corrected chi connectivity index (χ2v) is 4.97. The van der Waals surface area contributed by atoms with Crippen LogP contribution in [0.5, 0.6) is 0 Å². The first-order valence-electron chi connectivity index (χ1n) is 5.87. The summed E-state index contributed by atoms with van der Waals surface area (Å²) in [4.78, 5) is 36.9. The molecule has 2 fully saturated rings. The van der Waals surface area contributed by atoms with E-state index < -0.39 is 5.54 Å². The molecule has 0 aromatic carbocycles. The van der Waals surface area contributed by atoms with Crippen molar-refractivity contribution < 1.29 is 14.4 Å². The molecule has 1 saturated carbocycles. The number of hydrogen-bond donors (Lipinski definition) is 0. The fraction of sp³-hybridized carbons (Fsp3) is 0.750. The van der Waals surface area contributed by atoms with Crippen molar-refractivity contribution >= 4 is 17.6 Å². The maximum Gasteiger partial charge on any atom is 0.233 e. The van der Waals surface area contributed by atoms with Crippen molar-refractivity contribution in [2.24, 2.45) is 5.92 Å². The molecule has 4 nitrogen and oxygen atoms in total. The second-order valence-electron chi connectivity index (χ2n) is 4.97. The first-order valence-corrected chi connectivity index (χ1v) is 5.87. The van der Waals surface area contributed by atoms with Crippen molar-refractivity contribution in [1.29, 1.82) is 0 Å². The minimum Gasteiger partial charge on any atom is -0.297 e. The van der Waals surface area contributed by atoms with Crippen molar-refractivity contribution in [3.05, 3.63) is 0 Å². The summed E-state index contributed by atoms with van der Waals surface area (Å²) in [6.07, 6.45) is 3.39. The van der Waals surface area contributed by atoms with Gasteiger partial charge < -0.3 is 0 Å². The quantitative estimate of drug-likeness (QED) is 0.663. The van der Waals surface area contributed by atoms with E-state index in [1.165, 1.54) is 11.8 Å². The summed E-state index contributed by atoms with van der Waals surface area (Å²) >= 11 is 0. The Balaban J connectivity index is 2.38. The van der Waals surface area contributed by atoms with Crippen molar-refractivity contribution in [2.75, 3.05) is 0 Å². The molecule has 1 aliphatic carbocycles. The van der Waals surface area contributed by atoms with Gasteiger partial charge in [0.2, 0.25) is 11.8 Å². The lowest BCUT2D eigenvalue weighted by Gasteiger charge is -2.35. The number of Topliss-reactive ketones (excluding diaryl/α,β-unsaturated/α-hetero) is 1. The Hall–Kier alpha value is -1.19. The summed E-state index contributed by atoms with van der Waals surface area (Å²) in [7, 11) is 0. The number of amides is 2. The van der Waals surface area contributed by atoms with Crippen LogP contribution in [0.25, 0.3) is 0 Å². The van der Waals surface area contributed by atoms with Crippen LogP contribution in [0.4, 0.5) is 0 Å². The largest absolute Gasteiger partial charge is 0.297 e. The molecule has 1 saturated heterocycles. The van der Waals surface area contributed by atoms with Gasteiger partial charge in [0.05, 0.1) is 0 Å². The Bertz CT molecular complexity index is 355. The number of imide groups is 1. The van der Waals surface area contributed by atoms with Crippen LogP contribution in [0.2, 0.25) is 0 Å². The number of ketones is 1. The monoisotopic (exact) mass is 223 g/mol. The smallest absolute Gasteiger partial charge is 0.233 e. The van der Waals surface area contributed by atoms with Crippen LogP contribution in [0.3, 0.4) is 0 Å². The van der Waals surface area contributed by atoms with E-state index in [1.807, 2.05) is 0 Å². The second kappa shape index (κ2) is 3.68. The van der Waals surface area contributed by atoms with Gasteiger partial charge in [0, 0.05) is 12.3 Å². The predicted molar refractivity (Wildman–Crippen MR) is 57.5 cm³/mol. The van der Waals surface area contributed by atoms with Crippen molar-refractivity contribution in [3.8, 4) is 0 Å². The number of carbonyl (C=O) groups is 3. The molecule has 1 unspecified atom stereocenters. The zero-order valence-corrected chi connectivity index (χ0v) is 9.78. The maximum absolute atomic E-state index is 12.0. The third kappa shape index (κ3) is 1.39. The number of likely N-dealkylation sites (tertiary alicyclic amines) is 1. The Kier molecular flexibility index (Phi) is 2.60. The molecule has 88 valence electrons. The van der Waals surface area contributed by atoms with Crippen LogP contribution in [0.15, 0.2) is 0 Å². The highest BCUT2D eigenvalue weighted by Crippen LogP contribution is 2.40. The van der Waals surface area contributed by atoms with Gasteiger partial charge in [0.25, 0.3) is 0 Å². The lowest BCUT2D eigenvalue weighted by atomic mass is 9.90. The van der Waals surface area contributed by atoms with E-state index in [4.69, 9.17) is 0 Å². The molecule has 1 aliphatic heterocycles. The van der Waals surface area contributed by atoms with Crippen LogP contribution < -0.4 is 0 Å². The number of carbonyl (C=O) groups excluding carboxylic acids is 3. The van der Waals surface area contributed by atoms with E-state index in [1.54, 1.807) is 6.92 Å². The van der Waals surface area contributed by atoms with E-state index in [0.717, 1.165) is 12.8 Å². The maximum atomic E-state index is 12.0. The summed E-state index contributed by atoms with van der Waals surface area (Å²) in [6, 6.07) is 0. The Labute approximate surface area is 95.0 Å². The summed E-state index contributed by atoms with van der Waals surface area (Å²) in [5.41, 5.74) is -0.807. The topological polar surface area (TPSA) is 54.5 Å². The molecule has 2 rings (SSSR count). The highest BCUT2D eigenvalue weighted by Gasteiger charge is 2.52. The van der Waals surface area contributed by atoms with Gasteiger partial charge in [-0.1, -0.05) is 19.8 Å². The predicted octanol–water partition coefficient (Wildman–Crippen LogP) is 1.28. The first-order chi connectivity index (χ1) is 7.49. The van der Waals surface area contributed by atoms with Crippen molar-refractivity contribution in [3.63, 3.8) is 0 Å². The Morgan fingerprint density at radius 2 is 1.88 bits per heavy atom. The fourth-order valence-corrected chi connectivity index (χ4v) is 2.93. The Morgan fingerprint density at radius 3 is 2.25 bits per heavy atom. The zero-order chi connectivity index (χ0) is 11.9. The van der Waals surface area contributed by atoms with Gasteiger partial charge in [-0.25, -0.2) is 0 Å². The molecular weight excluding hydrogens is 206 g/mol. The molecule has 16 heavy (non-hydrogen) atoms. The summed E-state index contributed by atoms with van der Waals surface area (Å²) in [6.45, 7) is 3.25. The number of rotatable bonds is 2. The van der Waals surface area contributed by atoms with Crippen LogP contribution >= 0.6 is 0 Å². The van der Waals surface area contributed by atoms with Crippen molar-refractivity contribution in [2.45, 2.75) is 51.5 Å². The summed E-state index contributed by atoms with van der Waals surface area (Å²) in [5, 5.41) is 0. The lowest BCUT2D eigenvalue weighted by Crippen LogP contribution is -2.54. The molecule has 4 heteroatoms. The van der Waals surface area contributed by atoms with Crippen LogP contribution in [0, 0.1) is 5.92 Å². The van der Waals surface area contributed by atoms with Gasteiger partial charge in [-0.15, -0.1) is 0 Å². The zero-order valence-electron chi connectivity index (χ0n) is 9.78. The number of nitrogens with zero attached hydrogens (tertiary/aromatic N) is 1. The van der Waals surface area contributed by atoms with Crippen LogP contribution in [-0.2, 0) is 14.4 Å². The first kappa shape index (κ1) is 11.3. The molecule has 0 radical (unpaired) electrons. The van der Waals surface area contributed by atoms with Gasteiger partial charge in [-0.3, -0.25) is 19.3 Å². The summed E-state index contributed by atoms with van der Waals surface area (Å²) in [5.74, 6) is -0.637. The molecule has 1 atom stereocenters. The van der Waals surface area contributed by atoms with Gasteiger partial charge >= 0.3 is 0 Å². The Morgan fingerprint density at radius 1 is 1.31 bits per heavy atom. The van der Waals surface area contributed by atoms with E-state index in [9.17, 15) is 14.4 Å². The van der Waals surface area contributed by atoms with E-state index in [-0.39, 0.29) is 29.9 Å². The third-order valence-electron chi connectivity index (χ3n) is 3.89. The number of hydrogen-bond acceptors (Lipinski definition) is 3. The van der Waals surface area contributed by atoms with E-state index in [2.05, 4.69) is 0 Å². The van der Waals surface area contributed by atoms with Crippen molar-refractivity contribution in [1.82, 2.24) is 4.90 Å². The summed E-state index contributed by atoms with van der Waals surface area (Å²) < 4.78 is 0. The molecule has 0 N–H and O–H groups in total. The normalized spacial score (nSPS) is 28.9. The van der Waals surface area contributed by atoms with E-state index in [0.29, 0.717) is 12.8 Å². The molecule has 0 aromatic rings. The molecule has 2 aliphatic rings. The minimum atomic E-state index is -0.807. The molecule has 0 aromatic heterocycles. The van der Waals surface area contributed by atoms with Gasteiger partial charge in [-0.2, -0.15) is 0 Å². The molecule has 0 bridgehead atoms. The third-order valence-corrected chi connectivity index (χ3v) is 3.89. The van der Waals surface area contributed by atoms with Crippen LogP contribution in [-0.4, -0.2) is 28.0 Å². The average molecular weight is 223 g/mol. The molecule has 1 heterocycles. The average Bonchev–Trinajstić information content (AvgIpc) is 2.75. The van der Waals surface area contributed by atoms with Crippen LogP contribution in [0.1, 0.15) is 46.0 Å².